The highest BCUT2D eigenvalue weighted by atomic mass is 32.1. The SMILES string of the molecule is CCN(CC(=O)NCc1cccs1)C(=O)c1cc(OC)c(OC)c(OC)c1. The molecular weight excluding hydrogens is 368 g/mol. The third-order valence-corrected chi connectivity index (χ3v) is 4.83. The number of carbonyl (C=O) groups excluding carboxylic acids is 2. The first-order valence-corrected chi connectivity index (χ1v) is 9.30. The molecule has 2 amide bonds. The van der Waals surface area contributed by atoms with Crippen molar-refractivity contribution >= 4 is 23.2 Å². The van der Waals surface area contributed by atoms with Gasteiger partial charge < -0.3 is 24.4 Å². The van der Waals surface area contributed by atoms with Gasteiger partial charge in [-0.2, -0.15) is 0 Å². The first-order chi connectivity index (χ1) is 13.0. The van der Waals surface area contributed by atoms with Gasteiger partial charge >= 0.3 is 0 Å². The molecule has 0 spiro atoms. The fraction of sp³-hybridized carbons (Fsp3) is 0.368. The lowest BCUT2D eigenvalue weighted by molar-refractivity contribution is -0.121. The monoisotopic (exact) mass is 392 g/mol. The summed E-state index contributed by atoms with van der Waals surface area (Å²) in [4.78, 5) is 27.6. The number of thiophene rings is 1. The molecule has 0 saturated heterocycles. The van der Waals surface area contributed by atoms with Crippen molar-refractivity contribution in [2.24, 2.45) is 0 Å². The zero-order chi connectivity index (χ0) is 19.8. The van der Waals surface area contributed by atoms with Gasteiger partial charge in [0.05, 0.1) is 34.4 Å². The van der Waals surface area contributed by atoms with Crippen molar-refractivity contribution in [2.75, 3.05) is 34.4 Å². The second kappa shape index (κ2) is 9.82. The van der Waals surface area contributed by atoms with Crippen LogP contribution in [-0.4, -0.2) is 51.1 Å². The fourth-order valence-corrected chi connectivity index (χ4v) is 3.19. The largest absolute Gasteiger partial charge is 0.493 e. The van der Waals surface area contributed by atoms with Gasteiger partial charge in [-0.05, 0) is 30.5 Å². The minimum atomic E-state index is -0.289. The summed E-state index contributed by atoms with van der Waals surface area (Å²) in [6.07, 6.45) is 0. The van der Waals surface area contributed by atoms with Crippen LogP contribution in [0.2, 0.25) is 0 Å². The number of carbonyl (C=O) groups is 2. The standard InChI is InChI=1S/C19H24N2O5S/c1-5-21(12-17(22)20-11-14-7-6-8-27-14)19(23)13-9-15(24-2)18(26-4)16(10-13)25-3/h6-10H,5,11-12H2,1-4H3,(H,20,22). The molecule has 0 bridgehead atoms. The van der Waals surface area contributed by atoms with Crippen LogP contribution in [0.15, 0.2) is 29.6 Å². The first-order valence-electron chi connectivity index (χ1n) is 8.42. The van der Waals surface area contributed by atoms with E-state index in [2.05, 4.69) is 5.32 Å². The Morgan fingerprint density at radius 3 is 2.26 bits per heavy atom. The summed E-state index contributed by atoms with van der Waals surface area (Å²) in [6, 6.07) is 7.04. The Labute approximate surface area is 162 Å². The molecule has 1 heterocycles. The molecule has 2 aromatic rings. The molecule has 146 valence electrons. The molecule has 2 rings (SSSR count). The fourth-order valence-electron chi connectivity index (χ4n) is 2.54. The van der Waals surface area contributed by atoms with Gasteiger partial charge in [0, 0.05) is 17.0 Å². The second-order valence-electron chi connectivity index (χ2n) is 5.59. The molecule has 0 unspecified atom stereocenters. The predicted molar refractivity (Wildman–Crippen MR) is 104 cm³/mol. The topological polar surface area (TPSA) is 77.1 Å². The summed E-state index contributed by atoms with van der Waals surface area (Å²) < 4.78 is 15.9. The summed E-state index contributed by atoms with van der Waals surface area (Å²) >= 11 is 1.57. The maximum atomic E-state index is 12.9. The van der Waals surface area contributed by atoms with Crippen molar-refractivity contribution in [3.8, 4) is 17.2 Å². The number of nitrogens with one attached hydrogen (secondary N) is 1. The van der Waals surface area contributed by atoms with Gasteiger partial charge in [0.2, 0.25) is 11.7 Å². The zero-order valence-corrected chi connectivity index (χ0v) is 16.7. The number of likely N-dealkylation sites (N-methyl/N-ethyl adjacent to an activating group) is 1. The molecule has 0 aliphatic heterocycles. The second-order valence-corrected chi connectivity index (χ2v) is 6.62. The van der Waals surface area contributed by atoms with Crippen molar-refractivity contribution in [3.05, 3.63) is 40.1 Å². The summed E-state index contributed by atoms with van der Waals surface area (Å²) in [5.74, 6) is 0.680. The van der Waals surface area contributed by atoms with Gasteiger partial charge in [-0.25, -0.2) is 0 Å². The maximum absolute atomic E-state index is 12.9. The number of amides is 2. The molecule has 0 radical (unpaired) electrons. The Hall–Kier alpha value is -2.74. The first kappa shape index (κ1) is 20.6. The molecule has 1 aromatic carbocycles. The van der Waals surface area contributed by atoms with E-state index in [4.69, 9.17) is 14.2 Å². The Balaban J connectivity index is 2.12. The van der Waals surface area contributed by atoms with Crippen molar-refractivity contribution in [3.63, 3.8) is 0 Å². The Kier molecular flexibility index (Phi) is 7.48. The van der Waals surface area contributed by atoms with Crippen LogP contribution in [0, 0.1) is 0 Å². The van der Waals surface area contributed by atoms with E-state index in [1.165, 1.54) is 26.2 Å². The Bertz CT molecular complexity index is 751. The molecule has 0 fully saturated rings. The van der Waals surface area contributed by atoms with Crippen molar-refractivity contribution < 1.29 is 23.8 Å². The summed E-state index contributed by atoms with van der Waals surface area (Å²) in [7, 11) is 4.47. The maximum Gasteiger partial charge on any atom is 0.254 e. The number of hydrogen-bond donors (Lipinski definition) is 1. The van der Waals surface area contributed by atoms with E-state index in [-0.39, 0.29) is 18.4 Å². The van der Waals surface area contributed by atoms with E-state index in [0.29, 0.717) is 35.9 Å². The lowest BCUT2D eigenvalue weighted by Crippen LogP contribution is -2.40. The van der Waals surface area contributed by atoms with E-state index >= 15 is 0 Å². The van der Waals surface area contributed by atoms with Gasteiger partial charge in [0.15, 0.2) is 11.5 Å². The van der Waals surface area contributed by atoms with Crippen LogP contribution in [-0.2, 0) is 11.3 Å². The summed E-state index contributed by atoms with van der Waals surface area (Å²) in [5.41, 5.74) is 0.359. The number of methoxy groups -OCH3 is 3. The third kappa shape index (κ3) is 5.13. The van der Waals surface area contributed by atoms with E-state index in [1.807, 2.05) is 24.4 Å². The third-order valence-electron chi connectivity index (χ3n) is 3.95. The molecule has 0 saturated carbocycles. The lowest BCUT2D eigenvalue weighted by Gasteiger charge is -2.21. The van der Waals surface area contributed by atoms with Crippen molar-refractivity contribution in [1.29, 1.82) is 0 Å². The molecule has 1 N–H and O–H groups in total. The van der Waals surface area contributed by atoms with Gasteiger partial charge in [-0.3, -0.25) is 9.59 Å². The Morgan fingerprint density at radius 2 is 1.78 bits per heavy atom. The highest BCUT2D eigenvalue weighted by molar-refractivity contribution is 7.09. The van der Waals surface area contributed by atoms with Gasteiger partial charge in [-0.1, -0.05) is 6.07 Å². The average Bonchev–Trinajstić information content (AvgIpc) is 3.22. The van der Waals surface area contributed by atoms with E-state index in [1.54, 1.807) is 23.5 Å². The summed E-state index contributed by atoms with van der Waals surface area (Å²) in [6.45, 7) is 2.63. The Morgan fingerprint density at radius 1 is 1.11 bits per heavy atom. The van der Waals surface area contributed by atoms with Gasteiger partial charge in [0.25, 0.3) is 5.91 Å². The molecule has 0 aliphatic rings. The minimum Gasteiger partial charge on any atom is -0.493 e. The van der Waals surface area contributed by atoms with Crippen LogP contribution in [0.4, 0.5) is 0 Å². The average molecular weight is 392 g/mol. The highest BCUT2D eigenvalue weighted by Crippen LogP contribution is 2.38. The van der Waals surface area contributed by atoms with Crippen LogP contribution in [0.25, 0.3) is 0 Å². The molecule has 27 heavy (non-hydrogen) atoms. The number of benzene rings is 1. The van der Waals surface area contributed by atoms with E-state index in [9.17, 15) is 9.59 Å². The van der Waals surface area contributed by atoms with Crippen LogP contribution in [0.5, 0.6) is 17.2 Å². The van der Waals surface area contributed by atoms with Crippen LogP contribution in [0.3, 0.4) is 0 Å². The number of ether oxygens (including phenoxy) is 3. The predicted octanol–water partition coefficient (Wildman–Crippen LogP) is 2.55. The van der Waals surface area contributed by atoms with Crippen molar-refractivity contribution in [2.45, 2.75) is 13.5 Å². The molecule has 1 aromatic heterocycles. The molecule has 0 atom stereocenters. The minimum absolute atomic E-state index is 0.0304. The van der Waals surface area contributed by atoms with Gasteiger partial charge in [-0.15, -0.1) is 11.3 Å². The quantitative estimate of drug-likeness (QED) is 0.710. The van der Waals surface area contributed by atoms with Crippen LogP contribution in [0.1, 0.15) is 22.2 Å². The molecule has 7 nitrogen and oxygen atoms in total. The van der Waals surface area contributed by atoms with Crippen molar-refractivity contribution in [1.82, 2.24) is 10.2 Å². The van der Waals surface area contributed by atoms with Gasteiger partial charge in [0.1, 0.15) is 0 Å². The number of hydrogen-bond acceptors (Lipinski definition) is 6. The number of rotatable bonds is 9. The van der Waals surface area contributed by atoms with Crippen LogP contribution < -0.4 is 19.5 Å². The molecule has 0 aliphatic carbocycles. The smallest absolute Gasteiger partial charge is 0.254 e. The van der Waals surface area contributed by atoms with E-state index < -0.39 is 0 Å². The summed E-state index contributed by atoms with van der Waals surface area (Å²) in [5, 5.41) is 4.78. The zero-order valence-electron chi connectivity index (χ0n) is 15.9. The van der Waals surface area contributed by atoms with Crippen LogP contribution >= 0.6 is 11.3 Å². The lowest BCUT2D eigenvalue weighted by atomic mass is 10.1. The number of nitrogens with zero attached hydrogens (tertiary/aromatic N) is 1. The highest BCUT2D eigenvalue weighted by Gasteiger charge is 2.22. The normalized spacial score (nSPS) is 10.2. The van der Waals surface area contributed by atoms with E-state index in [0.717, 1.165) is 4.88 Å². The molecular formula is C19H24N2O5S. The molecule has 8 heteroatoms.